The lowest BCUT2D eigenvalue weighted by molar-refractivity contribution is 0.361. The zero-order valence-electron chi connectivity index (χ0n) is 9.96. The molecule has 0 spiro atoms. The number of hydrogen-bond donors (Lipinski definition) is 1. The van der Waals surface area contributed by atoms with Crippen LogP contribution in [0.15, 0.2) is 5.38 Å². The van der Waals surface area contributed by atoms with Crippen LogP contribution in [0.3, 0.4) is 0 Å². The van der Waals surface area contributed by atoms with Crippen molar-refractivity contribution >= 4 is 11.3 Å². The molecule has 0 bridgehead atoms. The summed E-state index contributed by atoms with van der Waals surface area (Å²) in [6, 6.07) is 0. The second kappa shape index (κ2) is 4.11. The molecule has 2 aliphatic rings. The van der Waals surface area contributed by atoms with Crippen molar-refractivity contribution in [1.82, 2.24) is 10.3 Å². The normalized spacial score (nSPS) is 23.8. The van der Waals surface area contributed by atoms with Crippen LogP contribution in [0.25, 0.3) is 0 Å². The summed E-state index contributed by atoms with van der Waals surface area (Å²) >= 11 is 1.85. The van der Waals surface area contributed by atoms with E-state index in [0.717, 1.165) is 12.5 Å². The maximum absolute atomic E-state index is 4.72. The summed E-state index contributed by atoms with van der Waals surface area (Å²) in [6.07, 6.45) is 8.14. The quantitative estimate of drug-likeness (QED) is 0.866. The van der Waals surface area contributed by atoms with Crippen LogP contribution >= 0.6 is 11.3 Å². The zero-order valence-corrected chi connectivity index (χ0v) is 10.8. The first-order chi connectivity index (χ1) is 7.75. The summed E-state index contributed by atoms with van der Waals surface area (Å²) < 4.78 is 0. The van der Waals surface area contributed by atoms with Gasteiger partial charge in [0.15, 0.2) is 0 Å². The van der Waals surface area contributed by atoms with Gasteiger partial charge in [0.2, 0.25) is 0 Å². The van der Waals surface area contributed by atoms with Gasteiger partial charge in [-0.15, -0.1) is 11.3 Å². The molecule has 0 aromatic carbocycles. The summed E-state index contributed by atoms with van der Waals surface area (Å²) in [7, 11) is 0. The van der Waals surface area contributed by atoms with Gasteiger partial charge in [-0.3, -0.25) is 0 Å². The van der Waals surface area contributed by atoms with Crippen LogP contribution in [-0.4, -0.2) is 10.5 Å². The van der Waals surface area contributed by atoms with E-state index in [1.165, 1.54) is 49.2 Å². The molecule has 0 unspecified atom stereocenters. The van der Waals surface area contributed by atoms with E-state index in [1.807, 2.05) is 11.3 Å². The third-order valence-corrected chi connectivity index (χ3v) is 4.96. The Morgan fingerprint density at radius 3 is 2.88 bits per heavy atom. The Morgan fingerprint density at radius 1 is 1.44 bits per heavy atom. The molecule has 2 fully saturated rings. The molecule has 1 aromatic rings. The fourth-order valence-corrected chi connectivity index (χ4v) is 3.55. The van der Waals surface area contributed by atoms with Crippen molar-refractivity contribution in [2.75, 3.05) is 0 Å². The molecule has 3 rings (SSSR count). The van der Waals surface area contributed by atoms with Gasteiger partial charge < -0.3 is 5.32 Å². The first kappa shape index (κ1) is 10.7. The predicted octanol–water partition coefficient (Wildman–Crippen LogP) is 3.44. The highest BCUT2D eigenvalue weighted by atomic mass is 32.1. The molecule has 0 atom stereocenters. The Hall–Kier alpha value is -0.410. The average Bonchev–Trinajstić information content (AvgIpc) is 2.87. The van der Waals surface area contributed by atoms with E-state index in [0.29, 0.717) is 5.54 Å². The minimum Gasteiger partial charge on any atom is -0.306 e. The van der Waals surface area contributed by atoms with Gasteiger partial charge in [0.25, 0.3) is 0 Å². The Morgan fingerprint density at radius 2 is 2.19 bits per heavy atom. The van der Waals surface area contributed by atoms with Crippen LogP contribution < -0.4 is 5.32 Å². The third kappa shape index (κ3) is 2.30. The molecular weight excluding hydrogens is 216 g/mol. The number of hydrogen-bond acceptors (Lipinski definition) is 3. The van der Waals surface area contributed by atoms with Crippen molar-refractivity contribution in [1.29, 1.82) is 0 Å². The zero-order chi connectivity index (χ0) is 11.0. The maximum atomic E-state index is 4.72. The van der Waals surface area contributed by atoms with E-state index >= 15 is 0 Å². The van der Waals surface area contributed by atoms with Crippen molar-refractivity contribution < 1.29 is 0 Å². The van der Waals surface area contributed by atoms with E-state index < -0.39 is 0 Å². The topological polar surface area (TPSA) is 24.9 Å². The molecule has 2 nitrogen and oxygen atoms in total. The van der Waals surface area contributed by atoms with Crippen molar-refractivity contribution in [3.8, 4) is 0 Å². The summed E-state index contributed by atoms with van der Waals surface area (Å²) in [5.41, 5.74) is 1.63. The minimum atomic E-state index is 0.378. The molecule has 0 amide bonds. The lowest BCUT2D eigenvalue weighted by Gasteiger charge is -2.24. The SMILES string of the molecule is CC1(NCc2csc(C3CC3)n2)CCCC1. The van der Waals surface area contributed by atoms with Crippen molar-refractivity contribution in [2.45, 2.75) is 63.5 Å². The standard InChI is InChI=1S/C13H20N2S/c1-13(6-2-3-7-13)14-8-11-9-16-12(15-11)10-4-5-10/h9-10,14H,2-8H2,1H3. The van der Waals surface area contributed by atoms with E-state index in [4.69, 9.17) is 4.98 Å². The second-order valence-electron chi connectivity index (χ2n) is 5.57. The van der Waals surface area contributed by atoms with Crippen LogP contribution in [0.4, 0.5) is 0 Å². The molecule has 88 valence electrons. The van der Waals surface area contributed by atoms with Gasteiger partial charge in [0, 0.05) is 23.4 Å². The molecule has 0 saturated heterocycles. The van der Waals surface area contributed by atoms with Gasteiger partial charge in [-0.05, 0) is 32.6 Å². The summed E-state index contributed by atoms with van der Waals surface area (Å²) in [5, 5.41) is 7.30. The molecule has 3 heteroatoms. The molecule has 0 radical (unpaired) electrons. The number of aromatic nitrogens is 1. The molecular formula is C13H20N2S. The van der Waals surface area contributed by atoms with E-state index in [9.17, 15) is 0 Å². The van der Waals surface area contributed by atoms with E-state index in [1.54, 1.807) is 0 Å². The van der Waals surface area contributed by atoms with Crippen LogP contribution in [0.5, 0.6) is 0 Å². The summed E-state index contributed by atoms with van der Waals surface area (Å²) in [5.74, 6) is 0.806. The van der Waals surface area contributed by atoms with Gasteiger partial charge >= 0.3 is 0 Å². The highest BCUT2D eigenvalue weighted by Crippen LogP contribution is 2.41. The fraction of sp³-hybridized carbons (Fsp3) is 0.769. The number of rotatable bonds is 4. The van der Waals surface area contributed by atoms with Crippen LogP contribution in [0.1, 0.15) is 62.1 Å². The van der Waals surface area contributed by atoms with Gasteiger partial charge in [-0.2, -0.15) is 0 Å². The van der Waals surface area contributed by atoms with E-state index in [-0.39, 0.29) is 0 Å². The van der Waals surface area contributed by atoms with Gasteiger partial charge in [-0.1, -0.05) is 12.8 Å². The molecule has 0 aliphatic heterocycles. The molecule has 2 aliphatic carbocycles. The highest BCUT2D eigenvalue weighted by Gasteiger charge is 2.29. The third-order valence-electron chi connectivity index (χ3n) is 3.90. The molecule has 1 N–H and O–H groups in total. The smallest absolute Gasteiger partial charge is 0.0959 e. The Labute approximate surface area is 101 Å². The lowest BCUT2D eigenvalue weighted by Crippen LogP contribution is -2.38. The van der Waals surface area contributed by atoms with Gasteiger partial charge in [0.05, 0.1) is 10.7 Å². The summed E-state index contributed by atoms with van der Waals surface area (Å²) in [6.45, 7) is 3.31. The van der Waals surface area contributed by atoms with Crippen LogP contribution in [0.2, 0.25) is 0 Å². The Kier molecular flexibility index (Phi) is 2.76. The maximum Gasteiger partial charge on any atom is 0.0959 e. The second-order valence-corrected chi connectivity index (χ2v) is 6.46. The predicted molar refractivity (Wildman–Crippen MR) is 67.8 cm³/mol. The first-order valence-electron chi connectivity index (χ1n) is 6.45. The fourth-order valence-electron chi connectivity index (χ4n) is 2.56. The van der Waals surface area contributed by atoms with Gasteiger partial charge in [-0.25, -0.2) is 4.98 Å². The molecule has 2 saturated carbocycles. The Balaban J connectivity index is 1.56. The number of nitrogens with one attached hydrogen (secondary N) is 1. The van der Waals surface area contributed by atoms with Gasteiger partial charge in [0.1, 0.15) is 0 Å². The monoisotopic (exact) mass is 236 g/mol. The average molecular weight is 236 g/mol. The number of thiazole rings is 1. The van der Waals surface area contributed by atoms with E-state index in [2.05, 4.69) is 17.6 Å². The minimum absolute atomic E-state index is 0.378. The Bertz CT molecular complexity index is 362. The summed E-state index contributed by atoms with van der Waals surface area (Å²) in [4.78, 5) is 4.72. The molecule has 1 aromatic heterocycles. The van der Waals surface area contributed by atoms with Crippen molar-refractivity contribution in [3.63, 3.8) is 0 Å². The highest BCUT2D eigenvalue weighted by molar-refractivity contribution is 7.09. The van der Waals surface area contributed by atoms with Crippen molar-refractivity contribution in [3.05, 3.63) is 16.1 Å². The van der Waals surface area contributed by atoms with Crippen molar-refractivity contribution in [2.24, 2.45) is 0 Å². The first-order valence-corrected chi connectivity index (χ1v) is 7.32. The molecule has 16 heavy (non-hydrogen) atoms. The molecule has 1 heterocycles. The largest absolute Gasteiger partial charge is 0.306 e. The lowest BCUT2D eigenvalue weighted by atomic mass is 10.0. The van der Waals surface area contributed by atoms with Crippen LogP contribution in [-0.2, 0) is 6.54 Å². The number of nitrogens with zero attached hydrogens (tertiary/aromatic N) is 1. The van der Waals surface area contributed by atoms with Crippen LogP contribution in [0, 0.1) is 0 Å².